The third kappa shape index (κ3) is 11.2. The molecule has 0 aliphatic rings. The van der Waals surface area contributed by atoms with Gasteiger partial charge in [-0.2, -0.15) is 24.4 Å². The van der Waals surface area contributed by atoms with E-state index in [0.717, 1.165) is 0 Å². The predicted octanol–water partition coefficient (Wildman–Crippen LogP) is -0.651. The minimum atomic E-state index is -1.22. The molecule has 1 rings (SSSR count). The number of benzene rings is 1. The van der Waals surface area contributed by atoms with Gasteiger partial charge < -0.3 is 37.0 Å². The summed E-state index contributed by atoms with van der Waals surface area (Å²) in [6, 6.07) is 1.15. The third-order valence-electron chi connectivity index (χ3n) is 5.06. The molecule has 0 heterocycles. The summed E-state index contributed by atoms with van der Waals surface area (Å²) in [6.45, 7) is 0. The van der Waals surface area contributed by atoms with Gasteiger partial charge in [-0.05, 0) is 42.5 Å². The summed E-state index contributed by atoms with van der Waals surface area (Å²) in [7, 11) is 0. The van der Waals surface area contributed by atoms with Crippen LogP contribution in [-0.4, -0.2) is 86.9 Å². The fourth-order valence-electron chi connectivity index (χ4n) is 3.00. The van der Waals surface area contributed by atoms with Crippen molar-refractivity contribution in [2.45, 2.75) is 49.9 Å². The quantitative estimate of drug-likeness (QED) is 0.123. The van der Waals surface area contributed by atoms with Crippen molar-refractivity contribution < 1.29 is 39.3 Å². The highest BCUT2D eigenvalue weighted by Crippen LogP contribution is 2.12. The molecule has 12 nitrogen and oxygen atoms in total. The maximum atomic E-state index is 13.0. The molecule has 3 amide bonds. The molecule has 1 aromatic rings. The molecule has 0 radical (unpaired) electrons. The van der Waals surface area contributed by atoms with Gasteiger partial charge in [-0.25, -0.2) is 4.79 Å². The number of thiol groups is 1. The second-order valence-electron chi connectivity index (χ2n) is 7.90. The first-order valence-electron chi connectivity index (χ1n) is 11.0. The van der Waals surface area contributed by atoms with Gasteiger partial charge in [0.2, 0.25) is 17.7 Å². The van der Waals surface area contributed by atoms with Crippen LogP contribution >= 0.6 is 24.4 Å². The number of amides is 3. The summed E-state index contributed by atoms with van der Waals surface area (Å²) in [5.41, 5.74) is 6.26. The van der Waals surface area contributed by atoms with Gasteiger partial charge in [-0.3, -0.25) is 19.2 Å². The van der Waals surface area contributed by atoms with Crippen molar-refractivity contribution in [3.8, 4) is 5.75 Å². The Hall–Kier alpha value is -2.97. The van der Waals surface area contributed by atoms with Crippen molar-refractivity contribution in [2.24, 2.45) is 5.73 Å². The van der Waals surface area contributed by atoms with Gasteiger partial charge >= 0.3 is 11.9 Å². The van der Waals surface area contributed by atoms with E-state index < -0.39 is 53.8 Å². The van der Waals surface area contributed by atoms with Crippen LogP contribution in [0.15, 0.2) is 24.3 Å². The first-order valence-corrected chi connectivity index (χ1v) is 13.0. The number of carboxylic acids is 2. The molecule has 0 saturated carbocycles. The average Bonchev–Trinajstić information content (AvgIpc) is 2.83. The summed E-state index contributed by atoms with van der Waals surface area (Å²) < 4.78 is 0. The lowest BCUT2D eigenvalue weighted by molar-refractivity contribution is -0.142. The van der Waals surface area contributed by atoms with Gasteiger partial charge in [0.1, 0.15) is 23.9 Å². The lowest BCUT2D eigenvalue weighted by Gasteiger charge is -2.24. The van der Waals surface area contributed by atoms with Crippen molar-refractivity contribution in [1.29, 1.82) is 0 Å². The molecule has 36 heavy (non-hydrogen) atoms. The van der Waals surface area contributed by atoms with Crippen molar-refractivity contribution in [3.05, 3.63) is 29.8 Å². The van der Waals surface area contributed by atoms with Crippen LogP contribution in [0.2, 0.25) is 0 Å². The van der Waals surface area contributed by atoms with E-state index in [1.165, 1.54) is 23.9 Å². The zero-order valence-electron chi connectivity index (χ0n) is 19.7. The topological polar surface area (TPSA) is 208 Å². The molecule has 1 aromatic carbocycles. The number of nitrogens with one attached hydrogen (secondary N) is 3. The molecule has 8 N–H and O–H groups in total. The molecule has 0 aliphatic heterocycles. The highest BCUT2D eigenvalue weighted by molar-refractivity contribution is 7.98. The summed E-state index contributed by atoms with van der Waals surface area (Å²) in [5, 5.41) is 35.0. The number of carboxylic acid groups (broad SMARTS) is 2. The van der Waals surface area contributed by atoms with Gasteiger partial charge in [0.05, 0.1) is 6.04 Å². The SMILES string of the molecule is CSCCC(NC(=O)C(Cc1ccc(O)cc1)NC(=O)C(CS)NC(=O)C(N)CCC(=O)O)C(=O)O. The molecule has 0 aliphatic carbocycles. The van der Waals surface area contributed by atoms with Crippen molar-refractivity contribution >= 4 is 54.1 Å². The zero-order valence-corrected chi connectivity index (χ0v) is 21.4. The van der Waals surface area contributed by atoms with Crippen LogP contribution in [-0.2, 0) is 30.4 Å². The second-order valence-corrected chi connectivity index (χ2v) is 9.25. The number of hydrogen-bond acceptors (Lipinski definition) is 9. The Kier molecular flexibility index (Phi) is 13.7. The van der Waals surface area contributed by atoms with E-state index >= 15 is 0 Å². The Balaban J connectivity index is 3.00. The fraction of sp³-hybridized carbons (Fsp3) is 0.500. The Labute approximate surface area is 218 Å². The van der Waals surface area contributed by atoms with Gasteiger partial charge in [0.15, 0.2) is 0 Å². The molecule has 0 aromatic heterocycles. The van der Waals surface area contributed by atoms with E-state index in [1.807, 2.05) is 0 Å². The van der Waals surface area contributed by atoms with Crippen LogP contribution in [0.4, 0.5) is 0 Å². The summed E-state index contributed by atoms with van der Waals surface area (Å²) >= 11 is 5.49. The number of carbonyl (C=O) groups excluding carboxylic acids is 3. The van der Waals surface area contributed by atoms with Crippen molar-refractivity contribution in [2.75, 3.05) is 17.8 Å². The largest absolute Gasteiger partial charge is 0.508 e. The highest BCUT2D eigenvalue weighted by atomic mass is 32.2. The average molecular weight is 545 g/mol. The highest BCUT2D eigenvalue weighted by Gasteiger charge is 2.30. The summed E-state index contributed by atoms with van der Waals surface area (Å²) in [4.78, 5) is 60.4. The second kappa shape index (κ2) is 15.9. The minimum absolute atomic E-state index is 0.00359. The van der Waals surface area contributed by atoms with Crippen LogP contribution in [0, 0.1) is 0 Å². The normalized spacial score (nSPS) is 14.1. The number of hydrogen-bond donors (Lipinski definition) is 8. The van der Waals surface area contributed by atoms with Crippen LogP contribution in [0.5, 0.6) is 5.75 Å². The van der Waals surface area contributed by atoms with Gasteiger partial charge in [0, 0.05) is 18.6 Å². The maximum absolute atomic E-state index is 13.0. The lowest BCUT2D eigenvalue weighted by Crippen LogP contribution is -2.58. The number of rotatable bonds is 16. The van der Waals surface area contributed by atoms with Crippen LogP contribution in [0.3, 0.4) is 0 Å². The molecule has 4 atom stereocenters. The monoisotopic (exact) mass is 544 g/mol. The van der Waals surface area contributed by atoms with E-state index in [-0.39, 0.29) is 37.2 Å². The predicted molar refractivity (Wildman–Crippen MR) is 137 cm³/mol. The Morgan fingerprint density at radius 1 is 0.917 bits per heavy atom. The van der Waals surface area contributed by atoms with E-state index in [2.05, 4.69) is 28.6 Å². The van der Waals surface area contributed by atoms with Crippen molar-refractivity contribution in [3.63, 3.8) is 0 Å². The molecule has 0 saturated heterocycles. The summed E-state index contributed by atoms with van der Waals surface area (Å²) in [5.74, 6) is -4.27. The molecule has 0 fully saturated rings. The number of carbonyl (C=O) groups is 5. The molecule has 0 spiro atoms. The summed E-state index contributed by atoms with van der Waals surface area (Å²) in [6.07, 6.45) is 1.47. The Bertz CT molecular complexity index is 916. The standard InChI is InChI=1S/C22H32N4O8S2/c1-36-9-8-15(22(33)34)24-20(31)16(10-12-2-4-13(27)5-3-12)25-21(32)17(11-35)26-19(30)14(23)6-7-18(28)29/h2-5,14-17,27,35H,6-11,23H2,1H3,(H,24,31)(H,25,32)(H,26,30)(H,28,29)(H,33,34). The van der Waals surface area contributed by atoms with E-state index in [0.29, 0.717) is 11.3 Å². The number of phenols is 1. The molecule has 14 heteroatoms. The molecule has 0 bridgehead atoms. The smallest absolute Gasteiger partial charge is 0.326 e. The molecular weight excluding hydrogens is 512 g/mol. The fourth-order valence-corrected chi connectivity index (χ4v) is 3.73. The van der Waals surface area contributed by atoms with E-state index in [1.54, 1.807) is 18.4 Å². The minimum Gasteiger partial charge on any atom is -0.508 e. The van der Waals surface area contributed by atoms with Crippen molar-refractivity contribution in [1.82, 2.24) is 16.0 Å². The number of aliphatic carboxylic acids is 2. The molecule has 200 valence electrons. The number of phenolic OH excluding ortho intramolecular Hbond substituents is 1. The van der Waals surface area contributed by atoms with Gasteiger partial charge in [-0.1, -0.05) is 12.1 Å². The van der Waals surface area contributed by atoms with Crippen LogP contribution in [0.1, 0.15) is 24.8 Å². The zero-order chi connectivity index (χ0) is 27.3. The van der Waals surface area contributed by atoms with Crippen LogP contribution in [0.25, 0.3) is 0 Å². The maximum Gasteiger partial charge on any atom is 0.326 e. The van der Waals surface area contributed by atoms with Gasteiger partial charge in [0.25, 0.3) is 0 Å². The van der Waals surface area contributed by atoms with E-state index in [4.69, 9.17) is 10.8 Å². The van der Waals surface area contributed by atoms with E-state index in [9.17, 15) is 34.2 Å². The number of aromatic hydroxyl groups is 1. The lowest BCUT2D eigenvalue weighted by atomic mass is 10.0. The van der Waals surface area contributed by atoms with Gasteiger partial charge in [-0.15, -0.1) is 0 Å². The number of nitrogens with two attached hydrogens (primary N) is 1. The third-order valence-corrected chi connectivity index (χ3v) is 6.07. The molecular formula is C22H32N4O8S2. The Morgan fingerprint density at radius 2 is 1.47 bits per heavy atom. The molecule has 4 unspecified atom stereocenters. The number of thioether (sulfide) groups is 1. The Morgan fingerprint density at radius 3 is 2.00 bits per heavy atom. The first-order chi connectivity index (χ1) is 17.0. The first kappa shape index (κ1) is 31.1. The van der Waals surface area contributed by atoms with Crippen LogP contribution < -0.4 is 21.7 Å².